The minimum Gasteiger partial charge on any atom is -0.0962 e. The van der Waals surface area contributed by atoms with Crippen LogP contribution in [0.15, 0.2) is 12.2 Å². The quantitative estimate of drug-likeness (QED) is 0.372. The second-order valence-electron chi connectivity index (χ2n) is 1.18. The van der Waals surface area contributed by atoms with E-state index in [1.807, 2.05) is 0 Å². The van der Waals surface area contributed by atoms with E-state index in [0.29, 0.717) is 0 Å². The molecule has 0 bridgehead atoms. The first-order valence-electron chi connectivity index (χ1n) is 1.64. The third kappa shape index (κ3) is 0.376. The van der Waals surface area contributed by atoms with E-state index in [-0.39, 0.29) is 0 Å². The maximum atomic E-state index is 3.71. The molecule has 0 nitrogen and oxygen atoms in total. The molecular formula is C4H5Si. The molecule has 1 rings (SSSR count). The molecule has 1 aliphatic rings. The van der Waals surface area contributed by atoms with Crippen LogP contribution < -0.4 is 0 Å². The van der Waals surface area contributed by atoms with Crippen LogP contribution in [0.3, 0.4) is 0 Å². The van der Waals surface area contributed by atoms with Gasteiger partial charge in [0.2, 0.25) is 0 Å². The summed E-state index contributed by atoms with van der Waals surface area (Å²) in [5.41, 5.74) is 3.50. The molecule has 0 fully saturated rings. The van der Waals surface area contributed by atoms with Crippen LogP contribution in [-0.4, -0.2) is 14.8 Å². The van der Waals surface area contributed by atoms with Gasteiger partial charge in [-0.15, -0.1) is 0 Å². The van der Waals surface area contributed by atoms with Gasteiger partial charge in [-0.2, -0.15) is 0 Å². The van der Waals surface area contributed by atoms with E-state index in [1.54, 1.807) is 0 Å². The van der Waals surface area contributed by atoms with Crippen molar-refractivity contribution in [1.82, 2.24) is 0 Å². The van der Waals surface area contributed by atoms with Crippen molar-refractivity contribution in [3.8, 4) is 0 Å². The molecule has 0 amide bonds. The molecule has 0 saturated carbocycles. The maximum Gasteiger partial charge on any atom is 0.0244 e. The molecule has 0 unspecified atom stereocenters. The topological polar surface area (TPSA) is 0 Å². The summed E-state index contributed by atoms with van der Waals surface area (Å²) < 4.78 is 0. The van der Waals surface area contributed by atoms with Crippen LogP contribution in [0.25, 0.3) is 0 Å². The molecular weight excluding hydrogens is 76.1 g/mol. The summed E-state index contributed by atoms with van der Waals surface area (Å²) in [6.45, 7) is 3.71. The lowest BCUT2D eigenvalue weighted by Gasteiger charge is -1.98. The van der Waals surface area contributed by atoms with Gasteiger partial charge >= 0.3 is 0 Å². The van der Waals surface area contributed by atoms with Crippen molar-refractivity contribution in [2.75, 3.05) is 0 Å². The Kier molecular flexibility index (Phi) is 0.547. The van der Waals surface area contributed by atoms with E-state index in [2.05, 4.69) is 12.3 Å². The Hall–Kier alpha value is -0.173. The SMILES string of the molecule is C=C1C=[Si]C1. The predicted octanol–water partition coefficient (Wildman–Crippen LogP) is 0.481. The largest absolute Gasteiger partial charge is 0.0962 e. The number of rotatable bonds is 0. The highest BCUT2D eigenvalue weighted by atomic mass is 28.2. The lowest BCUT2D eigenvalue weighted by molar-refractivity contribution is 1.61. The van der Waals surface area contributed by atoms with Gasteiger partial charge in [0.15, 0.2) is 0 Å². The maximum absolute atomic E-state index is 3.71. The Morgan fingerprint density at radius 3 is 2.40 bits per heavy atom. The molecule has 1 heterocycles. The summed E-state index contributed by atoms with van der Waals surface area (Å²) in [4.78, 5) is 0. The van der Waals surface area contributed by atoms with Crippen molar-refractivity contribution in [3.05, 3.63) is 12.2 Å². The normalized spacial score (nSPS) is 18.8. The summed E-state index contributed by atoms with van der Waals surface area (Å²) in [5.74, 6) is 0. The van der Waals surface area contributed by atoms with E-state index >= 15 is 0 Å². The van der Waals surface area contributed by atoms with Crippen LogP contribution in [-0.2, 0) is 0 Å². The number of hydrogen-bond acceptors (Lipinski definition) is 0. The predicted molar refractivity (Wildman–Crippen MR) is 25.8 cm³/mol. The van der Waals surface area contributed by atoms with E-state index < -0.39 is 0 Å². The first-order valence-corrected chi connectivity index (χ1v) is 2.92. The van der Waals surface area contributed by atoms with Gasteiger partial charge in [-0.25, -0.2) is 0 Å². The second kappa shape index (κ2) is 0.901. The standard InChI is InChI=1S/C4H5Si/c1-4-2-5-3-4/h2H,1,3H2. The van der Waals surface area contributed by atoms with Gasteiger partial charge in [0.25, 0.3) is 0 Å². The smallest absolute Gasteiger partial charge is 0.0244 e. The molecule has 0 spiro atoms. The van der Waals surface area contributed by atoms with Crippen LogP contribution in [0.1, 0.15) is 0 Å². The van der Waals surface area contributed by atoms with Crippen molar-refractivity contribution in [3.63, 3.8) is 0 Å². The van der Waals surface area contributed by atoms with Crippen molar-refractivity contribution < 1.29 is 0 Å². The Labute approximate surface area is 34.0 Å². The highest BCUT2D eigenvalue weighted by molar-refractivity contribution is 6.58. The zero-order valence-corrected chi connectivity index (χ0v) is 3.99. The summed E-state index contributed by atoms with van der Waals surface area (Å²) >= 11 is 0. The van der Waals surface area contributed by atoms with Crippen LogP contribution in [0.4, 0.5) is 0 Å². The van der Waals surface area contributed by atoms with Crippen molar-refractivity contribution in [2.45, 2.75) is 6.04 Å². The van der Waals surface area contributed by atoms with Crippen LogP contribution in [0, 0.1) is 0 Å². The Morgan fingerprint density at radius 2 is 2.40 bits per heavy atom. The molecule has 1 radical (unpaired) electrons. The molecule has 0 N–H and O–H groups in total. The first kappa shape index (κ1) is 3.03. The molecule has 1 aliphatic heterocycles. The van der Waals surface area contributed by atoms with Gasteiger partial charge in [-0.3, -0.25) is 0 Å². The number of allylic oxidation sites excluding steroid dienone is 1. The van der Waals surface area contributed by atoms with Crippen molar-refractivity contribution in [1.29, 1.82) is 0 Å². The van der Waals surface area contributed by atoms with Crippen LogP contribution in [0.5, 0.6) is 0 Å². The monoisotopic (exact) mass is 81.0 g/mol. The lowest BCUT2D eigenvalue weighted by atomic mass is 10.4. The third-order valence-corrected chi connectivity index (χ3v) is 1.91. The summed E-state index contributed by atoms with van der Waals surface area (Å²) in [5, 5.41) is 0. The first-order chi connectivity index (χ1) is 2.39. The molecule has 0 saturated heterocycles. The van der Waals surface area contributed by atoms with Crippen molar-refractivity contribution >= 4 is 14.8 Å². The Morgan fingerprint density at radius 1 is 2.00 bits per heavy atom. The highest BCUT2D eigenvalue weighted by Crippen LogP contribution is 1.96. The summed E-state index contributed by atoms with van der Waals surface area (Å²) in [7, 11) is 1.08. The fourth-order valence-corrected chi connectivity index (χ4v) is 0.739. The fraction of sp³-hybridized carbons (Fsp3) is 0.250. The molecule has 0 aromatic carbocycles. The van der Waals surface area contributed by atoms with Gasteiger partial charge in [-0.1, -0.05) is 17.8 Å². The van der Waals surface area contributed by atoms with Crippen LogP contribution in [0.2, 0.25) is 6.04 Å². The molecule has 25 valence electrons. The minimum absolute atomic E-state index is 1.08. The molecule has 0 atom stereocenters. The Balaban J connectivity index is 2.71. The van der Waals surface area contributed by atoms with E-state index in [1.165, 1.54) is 11.6 Å². The fourth-order valence-electron chi connectivity index (χ4n) is 0.246. The van der Waals surface area contributed by atoms with Gasteiger partial charge in [0.1, 0.15) is 0 Å². The number of hydrogen-bond donors (Lipinski definition) is 0. The van der Waals surface area contributed by atoms with E-state index in [4.69, 9.17) is 0 Å². The minimum atomic E-state index is 1.08. The summed E-state index contributed by atoms with van der Waals surface area (Å²) in [6, 6.07) is 1.26. The van der Waals surface area contributed by atoms with Gasteiger partial charge < -0.3 is 0 Å². The van der Waals surface area contributed by atoms with E-state index in [0.717, 1.165) is 9.13 Å². The lowest BCUT2D eigenvalue weighted by Crippen LogP contribution is -1.99. The van der Waals surface area contributed by atoms with Gasteiger partial charge in [0.05, 0.1) is 0 Å². The van der Waals surface area contributed by atoms with Gasteiger partial charge in [-0.05, 0) is 6.04 Å². The molecule has 5 heavy (non-hydrogen) atoms. The summed E-state index contributed by atoms with van der Waals surface area (Å²) in [6.07, 6.45) is 0. The van der Waals surface area contributed by atoms with Crippen molar-refractivity contribution in [2.24, 2.45) is 0 Å². The van der Waals surface area contributed by atoms with E-state index in [9.17, 15) is 0 Å². The highest BCUT2D eigenvalue weighted by Gasteiger charge is 1.91. The van der Waals surface area contributed by atoms with Crippen LogP contribution >= 0.6 is 0 Å². The zero-order chi connectivity index (χ0) is 3.70. The average Bonchev–Trinajstić information content (AvgIpc) is 1.30. The molecule has 0 aliphatic carbocycles. The molecule has 1 heteroatoms. The van der Waals surface area contributed by atoms with Gasteiger partial charge in [0, 0.05) is 9.13 Å². The average molecular weight is 81.2 g/mol. The molecule has 0 aromatic heterocycles. The third-order valence-electron chi connectivity index (χ3n) is 0.635. The second-order valence-corrected chi connectivity index (χ2v) is 2.23. The Bertz CT molecular complexity index is 81.6. The molecule has 0 aromatic rings. The zero-order valence-electron chi connectivity index (χ0n) is 2.99.